The van der Waals surface area contributed by atoms with Crippen molar-refractivity contribution in [3.8, 4) is 0 Å². The topological polar surface area (TPSA) is 60.9 Å². The summed E-state index contributed by atoms with van der Waals surface area (Å²) in [5, 5.41) is 4.02. The molecule has 0 radical (unpaired) electrons. The molecule has 0 saturated heterocycles. The van der Waals surface area contributed by atoms with Gasteiger partial charge in [-0.05, 0) is 6.92 Å². The maximum Gasteiger partial charge on any atom is 0.135 e. The first-order valence-corrected chi connectivity index (χ1v) is 3.37. The number of aromatic nitrogens is 2. The van der Waals surface area contributed by atoms with E-state index in [0.717, 1.165) is 5.69 Å². The molecule has 1 heterocycles. The standard InChI is InChI=1S/C7H11N3O/c1-5(11)3-6-4-7(8)10(2)9-6/h4H,3,8H2,1-2H3. The van der Waals surface area contributed by atoms with Crippen LogP contribution in [0.3, 0.4) is 0 Å². The highest BCUT2D eigenvalue weighted by atomic mass is 16.1. The molecule has 0 fully saturated rings. The summed E-state index contributed by atoms with van der Waals surface area (Å²) in [5.74, 6) is 0.685. The van der Waals surface area contributed by atoms with Gasteiger partial charge in [-0.1, -0.05) is 0 Å². The molecule has 2 N–H and O–H groups in total. The monoisotopic (exact) mass is 153 g/mol. The van der Waals surface area contributed by atoms with Crippen molar-refractivity contribution in [2.45, 2.75) is 13.3 Å². The van der Waals surface area contributed by atoms with Gasteiger partial charge in [-0.2, -0.15) is 5.10 Å². The smallest absolute Gasteiger partial charge is 0.135 e. The zero-order chi connectivity index (χ0) is 8.43. The Morgan fingerprint density at radius 3 is 2.82 bits per heavy atom. The summed E-state index contributed by atoms with van der Waals surface area (Å²) >= 11 is 0. The number of nitrogens with zero attached hydrogens (tertiary/aromatic N) is 2. The number of ketones is 1. The first-order valence-electron chi connectivity index (χ1n) is 3.37. The van der Waals surface area contributed by atoms with E-state index in [0.29, 0.717) is 12.2 Å². The Labute approximate surface area is 65.0 Å². The molecule has 4 nitrogen and oxygen atoms in total. The van der Waals surface area contributed by atoms with E-state index in [1.54, 1.807) is 17.8 Å². The summed E-state index contributed by atoms with van der Waals surface area (Å²) in [6.07, 6.45) is 0.366. The second-order valence-electron chi connectivity index (χ2n) is 2.56. The number of nitrogen functional groups attached to an aromatic ring is 1. The fourth-order valence-electron chi connectivity index (χ4n) is 0.885. The Kier molecular flexibility index (Phi) is 1.94. The van der Waals surface area contributed by atoms with Crippen LogP contribution in [0.2, 0.25) is 0 Å². The van der Waals surface area contributed by atoms with Crippen molar-refractivity contribution in [2.24, 2.45) is 7.05 Å². The largest absolute Gasteiger partial charge is 0.384 e. The molecule has 0 unspecified atom stereocenters. The fraction of sp³-hybridized carbons (Fsp3) is 0.429. The van der Waals surface area contributed by atoms with Gasteiger partial charge >= 0.3 is 0 Å². The second-order valence-corrected chi connectivity index (χ2v) is 2.56. The molecule has 1 aromatic rings. The number of carbonyl (C=O) groups is 1. The van der Waals surface area contributed by atoms with Crippen LogP contribution >= 0.6 is 0 Å². The zero-order valence-electron chi connectivity index (χ0n) is 6.66. The second kappa shape index (κ2) is 2.74. The normalized spacial score (nSPS) is 10.0. The van der Waals surface area contributed by atoms with Crippen LogP contribution in [-0.4, -0.2) is 15.6 Å². The van der Waals surface area contributed by atoms with E-state index in [1.807, 2.05) is 0 Å². The minimum Gasteiger partial charge on any atom is -0.384 e. The average molecular weight is 153 g/mol. The lowest BCUT2D eigenvalue weighted by Crippen LogP contribution is -1.99. The minimum absolute atomic E-state index is 0.100. The first-order chi connectivity index (χ1) is 5.09. The molecule has 0 aliphatic rings. The maximum absolute atomic E-state index is 10.6. The molecule has 1 aromatic heterocycles. The third-order valence-electron chi connectivity index (χ3n) is 1.40. The Balaban J connectivity index is 2.81. The molecule has 4 heteroatoms. The van der Waals surface area contributed by atoms with Gasteiger partial charge < -0.3 is 5.73 Å². The van der Waals surface area contributed by atoms with Crippen molar-refractivity contribution in [2.75, 3.05) is 5.73 Å². The number of Topliss-reactive ketones (excluding diaryl/α,β-unsaturated/α-hetero) is 1. The van der Waals surface area contributed by atoms with Gasteiger partial charge in [-0.15, -0.1) is 0 Å². The van der Waals surface area contributed by atoms with E-state index < -0.39 is 0 Å². The van der Waals surface area contributed by atoms with Crippen molar-refractivity contribution in [3.05, 3.63) is 11.8 Å². The Morgan fingerprint density at radius 1 is 1.82 bits per heavy atom. The number of anilines is 1. The van der Waals surface area contributed by atoms with Crippen LogP contribution in [0.25, 0.3) is 0 Å². The van der Waals surface area contributed by atoms with Gasteiger partial charge in [-0.3, -0.25) is 9.48 Å². The van der Waals surface area contributed by atoms with Gasteiger partial charge in [0.2, 0.25) is 0 Å². The molecular weight excluding hydrogens is 142 g/mol. The molecule has 0 aliphatic carbocycles. The third-order valence-corrected chi connectivity index (χ3v) is 1.40. The lowest BCUT2D eigenvalue weighted by Gasteiger charge is -1.89. The average Bonchev–Trinajstić information content (AvgIpc) is 2.10. The Hall–Kier alpha value is -1.32. The van der Waals surface area contributed by atoms with E-state index in [1.165, 1.54) is 6.92 Å². The van der Waals surface area contributed by atoms with Crippen LogP contribution in [0.5, 0.6) is 0 Å². The lowest BCUT2D eigenvalue weighted by molar-refractivity contribution is -0.116. The van der Waals surface area contributed by atoms with Crippen molar-refractivity contribution in [1.82, 2.24) is 9.78 Å². The lowest BCUT2D eigenvalue weighted by atomic mass is 10.2. The molecule has 11 heavy (non-hydrogen) atoms. The number of hydrogen-bond acceptors (Lipinski definition) is 3. The van der Waals surface area contributed by atoms with Crippen LogP contribution in [0.1, 0.15) is 12.6 Å². The number of carbonyl (C=O) groups excluding carboxylic acids is 1. The molecule has 0 spiro atoms. The van der Waals surface area contributed by atoms with E-state index in [4.69, 9.17) is 5.73 Å². The van der Waals surface area contributed by atoms with Crippen molar-refractivity contribution in [3.63, 3.8) is 0 Å². The predicted octanol–water partition coefficient (Wildman–Crippen LogP) is 0.134. The SMILES string of the molecule is CC(=O)Cc1cc(N)n(C)n1. The summed E-state index contributed by atoms with van der Waals surface area (Å²) in [7, 11) is 1.75. The molecule has 0 amide bonds. The highest BCUT2D eigenvalue weighted by molar-refractivity contribution is 5.77. The summed E-state index contributed by atoms with van der Waals surface area (Å²) in [5.41, 5.74) is 6.24. The summed E-state index contributed by atoms with van der Waals surface area (Å²) in [4.78, 5) is 10.6. The van der Waals surface area contributed by atoms with E-state index in [2.05, 4.69) is 5.10 Å². The summed E-state index contributed by atoms with van der Waals surface area (Å²) in [6, 6.07) is 1.71. The van der Waals surface area contributed by atoms with Gasteiger partial charge in [-0.25, -0.2) is 0 Å². The van der Waals surface area contributed by atoms with Gasteiger partial charge in [0.1, 0.15) is 11.6 Å². The first kappa shape index (κ1) is 7.78. The van der Waals surface area contributed by atoms with Gasteiger partial charge in [0.15, 0.2) is 0 Å². The number of hydrogen-bond donors (Lipinski definition) is 1. The number of nitrogens with two attached hydrogens (primary N) is 1. The number of rotatable bonds is 2. The number of aryl methyl sites for hydroxylation is 1. The Morgan fingerprint density at radius 2 is 2.45 bits per heavy atom. The quantitative estimate of drug-likeness (QED) is 0.657. The van der Waals surface area contributed by atoms with Crippen LogP contribution < -0.4 is 5.73 Å². The molecular formula is C7H11N3O. The van der Waals surface area contributed by atoms with Gasteiger partial charge in [0.25, 0.3) is 0 Å². The molecule has 0 saturated carbocycles. The van der Waals surface area contributed by atoms with Crippen LogP contribution in [0.15, 0.2) is 6.07 Å². The summed E-state index contributed by atoms with van der Waals surface area (Å²) in [6.45, 7) is 1.53. The van der Waals surface area contributed by atoms with Crippen LogP contribution in [-0.2, 0) is 18.3 Å². The fourth-order valence-corrected chi connectivity index (χ4v) is 0.885. The zero-order valence-corrected chi connectivity index (χ0v) is 6.66. The minimum atomic E-state index is 0.100. The van der Waals surface area contributed by atoms with Crippen LogP contribution in [0.4, 0.5) is 5.82 Å². The molecule has 60 valence electrons. The molecule has 1 rings (SSSR count). The highest BCUT2D eigenvalue weighted by Crippen LogP contribution is 2.04. The predicted molar refractivity (Wildman–Crippen MR) is 42.0 cm³/mol. The van der Waals surface area contributed by atoms with E-state index in [-0.39, 0.29) is 5.78 Å². The van der Waals surface area contributed by atoms with Crippen molar-refractivity contribution >= 4 is 11.6 Å². The molecule has 0 aliphatic heterocycles. The molecule has 0 atom stereocenters. The molecule has 0 bridgehead atoms. The molecule has 0 aromatic carbocycles. The van der Waals surface area contributed by atoms with Crippen molar-refractivity contribution < 1.29 is 4.79 Å². The third kappa shape index (κ3) is 1.80. The van der Waals surface area contributed by atoms with Crippen molar-refractivity contribution in [1.29, 1.82) is 0 Å². The van der Waals surface area contributed by atoms with E-state index >= 15 is 0 Å². The maximum atomic E-state index is 10.6. The Bertz CT molecular complexity index is 258. The highest BCUT2D eigenvalue weighted by Gasteiger charge is 2.03. The summed E-state index contributed by atoms with van der Waals surface area (Å²) < 4.78 is 1.55. The van der Waals surface area contributed by atoms with Gasteiger partial charge in [0.05, 0.1) is 12.1 Å². The van der Waals surface area contributed by atoms with Gasteiger partial charge in [0, 0.05) is 13.1 Å². The van der Waals surface area contributed by atoms with Crippen LogP contribution in [0, 0.1) is 0 Å². The van der Waals surface area contributed by atoms with E-state index in [9.17, 15) is 4.79 Å².